The lowest BCUT2D eigenvalue weighted by Crippen LogP contribution is -2.49. The van der Waals surface area contributed by atoms with Gasteiger partial charge in [0.15, 0.2) is 0 Å². The highest BCUT2D eigenvalue weighted by atomic mass is 32.1. The highest BCUT2D eigenvalue weighted by Gasteiger charge is 2.26. The number of thiol groups is 1. The number of piperazine rings is 1. The third-order valence-corrected chi connectivity index (χ3v) is 6.20. The summed E-state index contributed by atoms with van der Waals surface area (Å²) in [6, 6.07) is 18.4. The number of carbonyl (C=O) groups excluding carboxylic acids is 1. The van der Waals surface area contributed by atoms with Gasteiger partial charge in [-0.1, -0.05) is 38.1 Å². The van der Waals surface area contributed by atoms with Gasteiger partial charge >= 0.3 is 0 Å². The number of hydrogen-bond acceptors (Lipinski definition) is 6. The average molecular weight is 516 g/mol. The van der Waals surface area contributed by atoms with Crippen LogP contribution in [0.4, 0.5) is 11.5 Å². The molecule has 6 N–H and O–H groups in total. The topological polar surface area (TPSA) is 138 Å². The molecule has 1 saturated heterocycles. The number of rotatable bonds is 5. The summed E-state index contributed by atoms with van der Waals surface area (Å²) < 4.78 is 0. The minimum atomic E-state index is -0.0897. The van der Waals surface area contributed by atoms with E-state index in [2.05, 4.69) is 77.7 Å². The molecule has 0 aliphatic carbocycles. The number of nitrogen functional groups attached to an aromatic ring is 1. The van der Waals surface area contributed by atoms with Crippen molar-refractivity contribution in [3.05, 3.63) is 78.2 Å². The Hall–Kier alpha value is -3.14. The Morgan fingerprint density at radius 1 is 0.972 bits per heavy atom. The van der Waals surface area contributed by atoms with E-state index < -0.39 is 0 Å². The van der Waals surface area contributed by atoms with E-state index in [4.69, 9.17) is 5.73 Å². The van der Waals surface area contributed by atoms with Crippen LogP contribution in [0, 0.1) is 5.92 Å². The molecule has 1 unspecified atom stereocenters. The number of nitrogens with zero attached hydrogens (tertiary/aromatic N) is 4. The normalized spacial score (nSPS) is 13.6. The fraction of sp³-hybridized carbons (Fsp3) is 0.370. The van der Waals surface area contributed by atoms with Gasteiger partial charge in [0.2, 0.25) is 5.91 Å². The van der Waals surface area contributed by atoms with Crippen LogP contribution in [0.15, 0.2) is 72.0 Å². The zero-order valence-electron chi connectivity index (χ0n) is 21.3. The predicted octanol–water partition coefficient (Wildman–Crippen LogP) is 3.28. The summed E-state index contributed by atoms with van der Waals surface area (Å²) in [5.74, 6) is 1.30. The molecule has 36 heavy (non-hydrogen) atoms. The van der Waals surface area contributed by atoms with Gasteiger partial charge in [-0.3, -0.25) is 4.79 Å². The molecule has 9 heteroatoms. The second-order valence-electron chi connectivity index (χ2n) is 9.02. The zero-order valence-corrected chi connectivity index (χ0v) is 22.2. The molecule has 1 aliphatic rings. The number of carbonyl (C=O) groups is 1. The Morgan fingerprint density at radius 3 is 2.06 bits per heavy atom. The molecular weight excluding hydrogens is 474 g/mol. The van der Waals surface area contributed by atoms with Crippen molar-refractivity contribution >= 4 is 30.0 Å². The van der Waals surface area contributed by atoms with Crippen LogP contribution in [0.25, 0.3) is 0 Å². The first-order valence-electron chi connectivity index (χ1n) is 11.8. The Labute approximate surface area is 221 Å². The van der Waals surface area contributed by atoms with Gasteiger partial charge in [0.1, 0.15) is 12.1 Å². The Balaban J connectivity index is 0.00000113. The lowest BCUT2D eigenvalue weighted by atomic mass is 9.95. The van der Waals surface area contributed by atoms with Crippen LogP contribution < -0.4 is 10.6 Å². The predicted molar refractivity (Wildman–Crippen MR) is 152 cm³/mol. The van der Waals surface area contributed by atoms with Crippen molar-refractivity contribution in [2.75, 3.05) is 36.8 Å². The first kappa shape index (κ1) is 30.9. The van der Waals surface area contributed by atoms with Crippen LogP contribution >= 0.6 is 12.6 Å². The molecule has 1 aliphatic heterocycles. The van der Waals surface area contributed by atoms with Crippen molar-refractivity contribution < 1.29 is 17.2 Å². The second kappa shape index (κ2) is 15.1. The van der Waals surface area contributed by atoms with E-state index in [1.165, 1.54) is 17.6 Å². The summed E-state index contributed by atoms with van der Waals surface area (Å²) in [5, 5.41) is 0. The quantitative estimate of drug-likeness (QED) is 0.502. The minimum Gasteiger partial charge on any atom is -0.412 e. The van der Waals surface area contributed by atoms with E-state index in [1.807, 2.05) is 24.0 Å². The van der Waals surface area contributed by atoms with Crippen LogP contribution in [-0.2, 0) is 11.2 Å². The smallest absolute Gasteiger partial charge is 0.229 e. The maximum atomic E-state index is 12.9. The summed E-state index contributed by atoms with van der Waals surface area (Å²) in [5.41, 5.74) is 8.86. The molecule has 4 rings (SSSR count). The van der Waals surface area contributed by atoms with Crippen molar-refractivity contribution in [2.45, 2.75) is 38.0 Å². The monoisotopic (exact) mass is 515 g/mol. The molecule has 1 fully saturated rings. The van der Waals surface area contributed by atoms with Crippen molar-refractivity contribution in [1.82, 2.24) is 14.9 Å². The van der Waals surface area contributed by atoms with E-state index in [-0.39, 0.29) is 24.2 Å². The highest BCUT2D eigenvalue weighted by Crippen LogP contribution is 2.23. The molecule has 8 nitrogen and oxygen atoms in total. The van der Waals surface area contributed by atoms with Crippen molar-refractivity contribution in [3.63, 3.8) is 0 Å². The standard InChI is InChI=1S/C23H30N2OS.C4H5N3.2H2O.H2/c1-17(2)16-19-4-6-20(7-5-19)18(3)23(26)25-14-12-24(13-15-25)21-8-10-22(27)11-9-21;5-4-1-2-6-3-7-4;;;/h4-11,17-18,27H,12-16H2,1-3H3;1-3H,(H2,5,6,7);2*1H2;1H. The maximum Gasteiger partial charge on any atom is 0.229 e. The molecule has 3 aromatic rings. The van der Waals surface area contributed by atoms with Crippen molar-refractivity contribution in [3.8, 4) is 0 Å². The number of amides is 1. The minimum absolute atomic E-state index is 0. The molecule has 0 radical (unpaired) electrons. The van der Waals surface area contributed by atoms with Crippen LogP contribution in [0.1, 0.15) is 39.2 Å². The fourth-order valence-corrected chi connectivity index (χ4v) is 4.13. The van der Waals surface area contributed by atoms with Crippen LogP contribution in [0.3, 0.4) is 0 Å². The van der Waals surface area contributed by atoms with Crippen molar-refractivity contribution in [2.24, 2.45) is 5.92 Å². The molecule has 198 valence electrons. The van der Waals surface area contributed by atoms with E-state index in [1.54, 1.807) is 12.3 Å². The average Bonchev–Trinajstić information content (AvgIpc) is 2.85. The summed E-state index contributed by atoms with van der Waals surface area (Å²) in [6.07, 6.45) is 4.09. The Morgan fingerprint density at radius 2 is 1.58 bits per heavy atom. The summed E-state index contributed by atoms with van der Waals surface area (Å²) in [6.45, 7) is 9.78. The molecule has 2 aromatic carbocycles. The fourth-order valence-electron chi connectivity index (χ4n) is 3.98. The highest BCUT2D eigenvalue weighted by molar-refractivity contribution is 7.80. The molecule has 2 heterocycles. The largest absolute Gasteiger partial charge is 0.412 e. The molecule has 1 aromatic heterocycles. The molecular formula is C27H41N5O3S. The van der Waals surface area contributed by atoms with Gasteiger partial charge in [0.25, 0.3) is 0 Å². The molecule has 1 amide bonds. The lowest BCUT2D eigenvalue weighted by molar-refractivity contribution is -0.132. The molecule has 1 atom stereocenters. The van der Waals surface area contributed by atoms with Gasteiger partial charge in [-0.25, -0.2) is 9.97 Å². The lowest BCUT2D eigenvalue weighted by Gasteiger charge is -2.37. The van der Waals surface area contributed by atoms with Gasteiger partial charge in [0, 0.05) is 44.4 Å². The number of benzene rings is 2. The second-order valence-corrected chi connectivity index (χ2v) is 9.54. The van der Waals surface area contributed by atoms with E-state index in [0.29, 0.717) is 11.7 Å². The van der Waals surface area contributed by atoms with E-state index in [0.717, 1.165) is 43.1 Å². The Bertz CT molecular complexity index is 1030. The van der Waals surface area contributed by atoms with Gasteiger partial charge in [-0.2, -0.15) is 0 Å². The van der Waals surface area contributed by atoms with E-state index in [9.17, 15) is 4.79 Å². The number of aromatic nitrogens is 2. The SMILES string of the molecule is CC(C)Cc1ccc(C(C)C(=O)N2CCN(c3ccc(S)cc3)CC2)cc1.Nc1ccncn1.O.O.[HH]. The third kappa shape index (κ3) is 9.14. The number of anilines is 2. The van der Waals surface area contributed by atoms with Gasteiger partial charge in [0.05, 0.1) is 5.92 Å². The van der Waals surface area contributed by atoms with Crippen molar-refractivity contribution in [1.29, 1.82) is 0 Å². The summed E-state index contributed by atoms with van der Waals surface area (Å²) in [4.78, 5) is 25.6. The maximum absolute atomic E-state index is 12.9. The Kier molecular flexibility index (Phi) is 12.9. The van der Waals surface area contributed by atoms with Crippen LogP contribution in [-0.4, -0.2) is 57.9 Å². The molecule has 0 spiro atoms. The van der Waals surface area contributed by atoms with Gasteiger partial charge in [-0.05, 0) is 60.7 Å². The number of nitrogens with two attached hydrogens (primary N) is 1. The van der Waals surface area contributed by atoms with E-state index >= 15 is 0 Å². The van der Waals surface area contributed by atoms with Gasteiger partial charge < -0.3 is 26.5 Å². The molecule has 0 saturated carbocycles. The molecule has 0 bridgehead atoms. The third-order valence-electron chi connectivity index (χ3n) is 5.91. The first-order chi connectivity index (χ1) is 16.3. The first-order valence-corrected chi connectivity index (χ1v) is 12.2. The van der Waals surface area contributed by atoms with Crippen LogP contribution in [0.5, 0.6) is 0 Å². The van der Waals surface area contributed by atoms with Gasteiger partial charge in [-0.15, -0.1) is 12.6 Å². The zero-order chi connectivity index (χ0) is 24.5. The van der Waals surface area contributed by atoms with Crippen LogP contribution in [0.2, 0.25) is 0 Å². The summed E-state index contributed by atoms with van der Waals surface area (Å²) in [7, 11) is 0. The summed E-state index contributed by atoms with van der Waals surface area (Å²) >= 11 is 4.34. The number of hydrogen-bond donors (Lipinski definition) is 2.